The Hall–Kier alpha value is -3.00. The van der Waals surface area contributed by atoms with E-state index in [0.29, 0.717) is 11.5 Å². The van der Waals surface area contributed by atoms with Gasteiger partial charge >= 0.3 is 0 Å². The smallest absolute Gasteiger partial charge is 0.265 e. The van der Waals surface area contributed by atoms with E-state index in [1.165, 1.54) is 24.3 Å². The number of hydrogen-bond acceptors (Lipinski definition) is 6. The van der Waals surface area contributed by atoms with Crippen LogP contribution in [0.4, 0.5) is 0 Å². The number of rotatable bonds is 3. The third-order valence-electron chi connectivity index (χ3n) is 4.32. The molecule has 2 aliphatic heterocycles. The number of sulfonamides is 1. The average molecular weight is 373 g/mol. The number of aliphatic hydroxyl groups excluding tert-OH is 1. The number of ketones is 1. The molecule has 0 radical (unpaired) electrons. The van der Waals surface area contributed by atoms with Gasteiger partial charge in [0, 0.05) is 17.7 Å². The Labute approximate surface area is 150 Å². The number of nitrogens with zero attached hydrogens (tertiary/aromatic N) is 1. The molecule has 8 heteroatoms. The number of fused-ring (bicyclic) bond motifs is 2. The number of allylic oxidation sites excluding steroid dienone is 1. The molecule has 2 aliphatic rings. The second kappa shape index (κ2) is 5.77. The number of likely N-dealkylation sites (N-methyl/N-ethyl adjacent to an activating group) is 1. The Balaban J connectivity index is 1.90. The van der Waals surface area contributed by atoms with Gasteiger partial charge in [-0.25, -0.2) is 8.42 Å². The highest BCUT2D eigenvalue weighted by molar-refractivity contribution is 7.89. The molecule has 134 valence electrons. The Kier molecular flexibility index (Phi) is 3.66. The lowest BCUT2D eigenvalue weighted by atomic mass is 10.0. The average Bonchev–Trinajstić information content (AvgIpc) is 3.11. The van der Waals surface area contributed by atoms with Gasteiger partial charge in [-0.3, -0.25) is 9.10 Å². The van der Waals surface area contributed by atoms with E-state index >= 15 is 0 Å². The molecule has 0 amide bonds. The van der Waals surface area contributed by atoms with Gasteiger partial charge in [0.25, 0.3) is 10.0 Å². The molecule has 7 nitrogen and oxygen atoms in total. The minimum atomic E-state index is -3.94. The Morgan fingerprint density at radius 1 is 1.15 bits per heavy atom. The molecule has 26 heavy (non-hydrogen) atoms. The van der Waals surface area contributed by atoms with Gasteiger partial charge in [0.1, 0.15) is 5.70 Å². The SMILES string of the molecule is CCN1C(C(=O)c2ccc3c(c2)OCO3)=C(O)c2ccccc2S1(=O)=O. The van der Waals surface area contributed by atoms with Gasteiger partial charge in [-0.2, -0.15) is 0 Å². The molecule has 0 fully saturated rings. The van der Waals surface area contributed by atoms with Crippen molar-refractivity contribution in [3.63, 3.8) is 0 Å². The molecule has 0 saturated carbocycles. The quantitative estimate of drug-likeness (QED) is 0.831. The molecule has 2 aromatic carbocycles. The predicted molar refractivity (Wildman–Crippen MR) is 92.5 cm³/mol. The summed E-state index contributed by atoms with van der Waals surface area (Å²) in [5.41, 5.74) is 0.0372. The highest BCUT2D eigenvalue weighted by atomic mass is 32.2. The van der Waals surface area contributed by atoms with Crippen molar-refractivity contribution < 1.29 is 27.8 Å². The number of carbonyl (C=O) groups is 1. The molecule has 0 bridgehead atoms. The van der Waals surface area contributed by atoms with Crippen molar-refractivity contribution in [2.45, 2.75) is 11.8 Å². The van der Waals surface area contributed by atoms with Crippen molar-refractivity contribution in [1.82, 2.24) is 4.31 Å². The molecule has 0 aliphatic carbocycles. The fourth-order valence-electron chi connectivity index (χ4n) is 3.10. The lowest BCUT2D eigenvalue weighted by Gasteiger charge is -2.30. The van der Waals surface area contributed by atoms with Crippen LogP contribution in [0.15, 0.2) is 53.1 Å². The molecule has 2 heterocycles. The van der Waals surface area contributed by atoms with Crippen LogP contribution in [0.3, 0.4) is 0 Å². The Morgan fingerprint density at radius 2 is 1.88 bits per heavy atom. The van der Waals surface area contributed by atoms with Crippen LogP contribution in [0.1, 0.15) is 22.8 Å². The van der Waals surface area contributed by atoms with Crippen molar-refractivity contribution in [1.29, 1.82) is 0 Å². The molecule has 1 N–H and O–H groups in total. The number of benzene rings is 2. The molecule has 0 saturated heterocycles. The van der Waals surface area contributed by atoms with Crippen LogP contribution in [-0.4, -0.2) is 37.0 Å². The van der Waals surface area contributed by atoms with Crippen molar-refractivity contribution in [2.75, 3.05) is 13.3 Å². The number of aliphatic hydroxyl groups is 1. The summed E-state index contributed by atoms with van der Waals surface area (Å²) in [7, 11) is -3.94. The standard InChI is InChI=1S/C18H15NO6S/c1-2-19-16(17(20)11-7-8-13-14(9-11)25-10-24-13)18(21)12-5-3-4-6-15(12)26(19,22)23/h3-9,21H,2,10H2,1H3. The largest absolute Gasteiger partial charge is 0.505 e. The van der Waals surface area contributed by atoms with E-state index in [1.807, 2.05) is 0 Å². The predicted octanol–water partition coefficient (Wildman–Crippen LogP) is 2.55. The maximum atomic E-state index is 13.1. The lowest BCUT2D eigenvalue weighted by molar-refractivity contribution is 0.101. The first-order valence-corrected chi connectivity index (χ1v) is 9.39. The first-order chi connectivity index (χ1) is 12.4. The monoisotopic (exact) mass is 373 g/mol. The summed E-state index contributed by atoms with van der Waals surface area (Å²) in [4.78, 5) is 13.0. The highest BCUT2D eigenvalue weighted by Crippen LogP contribution is 2.38. The van der Waals surface area contributed by atoms with E-state index in [-0.39, 0.29) is 40.8 Å². The van der Waals surface area contributed by atoms with Gasteiger partial charge in [-0.05, 0) is 37.3 Å². The van der Waals surface area contributed by atoms with Crippen molar-refractivity contribution in [3.8, 4) is 11.5 Å². The summed E-state index contributed by atoms with van der Waals surface area (Å²) in [6.07, 6.45) is 0. The van der Waals surface area contributed by atoms with Crippen LogP contribution in [-0.2, 0) is 10.0 Å². The van der Waals surface area contributed by atoms with E-state index in [2.05, 4.69) is 0 Å². The minimum absolute atomic E-state index is 0.00630. The Morgan fingerprint density at radius 3 is 2.65 bits per heavy atom. The van der Waals surface area contributed by atoms with E-state index in [1.54, 1.807) is 25.1 Å². The summed E-state index contributed by atoms with van der Waals surface area (Å²) >= 11 is 0. The maximum absolute atomic E-state index is 13.1. The topological polar surface area (TPSA) is 93.1 Å². The summed E-state index contributed by atoms with van der Waals surface area (Å²) in [6.45, 7) is 1.67. The fraction of sp³-hybridized carbons (Fsp3) is 0.167. The molecule has 4 rings (SSSR count). The lowest BCUT2D eigenvalue weighted by Crippen LogP contribution is -2.37. The highest BCUT2D eigenvalue weighted by Gasteiger charge is 2.39. The minimum Gasteiger partial charge on any atom is -0.505 e. The molecular weight excluding hydrogens is 358 g/mol. The third-order valence-corrected chi connectivity index (χ3v) is 6.25. The maximum Gasteiger partial charge on any atom is 0.265 e. The summed E-state index contributed by atoms with van der Waals surface area (Å²) in [5.74, 6) is -0.0626. The molecule has 2 aromatic rings. The normalized spacial score (nSPS) is 17.2. The summed E-state index contributed by atoms with van der Waals surface area (Å²) in [5, 5.41) is 10.7. The van der Waals surface area contributed by atoms with Gasteiger partial charge in [0.2, 0.25) is 12.6 Å². The molecule has 0 spiro atoms. The molecule has 0 unspecified atom stereocenters. The molecule has 0 atom stereocenters. The van der Waals surface area contributed by atoms with Crippen molar-refractivity contribution >= 4 is 21.6 Å². The van der Waals surface area contributed by atoms with Gasteiger partial charge in [-0.15, -0.1) is 0 Å². The van der Waals surface area contributed by atoms with Crippen LogP contribution in [0, 0.1) is 0 Å². The zero-order valence-electron chi connectivity index (χ0n) is 13.8. The molecular formula is C18H15NO6S. The van der Waals surface area contributed by atoms with Gasteiger partial charge in [-0.1, -0.05) is 12.1 Å². The first kappa shape index (κ1) is 16.5. The van der Waals surface area contributed by atoms with Crippen molar-refractivity contribution in [2.24, 2.45) is 0 Å². The number of ether oxygens (including phenoxy) is 2. The second-order valence-electron chi connectivity index (χ2n) is 5.76. The molecule has 0 aromatic heterocycles. The van der Waals surface area contributed by atoms with E-state index < -0.39 is 15.8 Å². The zero-order valence-corrected chi connectivity index (χ0v) is 14.6. The van der Waals surface area contributed by atoms with Crippen molar-refractivity contribution in [3.05, 3.63) is 59.3 Å². The zero-order chi connectivity index (χ0) is 18.5. The number of Topliss-reactive ketones (excluding diaryl/α,β-unsaturated/α-hetero) is 1. The first-order valence-electron chi connectivity index (χ1n) is 7.95. The van der Waals surface area contributed by atoms with E-state index in [4.69, 9.17) is 9.47 Å². The number of carbonyl (C=O) groups excluding carboxylic acids is 1. The van der Waals surface area contributed by atoms with Gasteiger partial charge in [0.15, 0.2) is 17.3 Å². The van der Waals surface area contributed by atoms with Crippen LogP contribution in [0.5, 0.6) is 11.5 Å². The van der Waals surface area contributed by atoms with Gasteiger partial charge < -0.3 is 14.6 Å². The van der Waals surface area contributed by atoms with Crippen LogP contribution >= 0.6 is 0 Å². The number of hydrogen-bond donors (Lipinski definition) is 1. The summed E-state index contributed by atoms with van der Waals surface area (Å²) in [6, 6.07) is 10.6. The summed E-state index contributed by atoms with van der Waals surface area (Å²) < 4.78 is 37.2. The Bertz CT molecular complexity index is 1060. The second-order valence-corrected chi connectivity index (χ2v) is 7.59. The van der Waals surface area contributed by atoms with E-state index in [0.717, 1.165) is 4.31 Å². The van der Waals surface area contributed by atoms with Crippen LogP contribution in [0.25, 0.3) is 5.76 Å². The van der Waals surface area contributed by atoms with Crippen LogP contribution < -0.4 is 9.47 Å². The van der Waals surface area contributed by atoms with Gasteiger partial charge in [0.05, 0.1) is 4.90 Å². The van der Waals surface area contributed by atoms with E-state index in [9.17, 15) is 18.3 Å². The fourth-order valence-corrected chi connectivity index (χ4v) is 4.78. The third kappa shape index (κ3) is 2.26. The van der Waals surface area contributed by atoms with Crippen LogP contribution in [0.2, 0.25) is 0 Å².